The molecule has 0 aromatic carbocycles. The van der Waals surface area contributed by atoms with E-state index in [1.165, 1.54) is 13.2 Å². The molecule has 0 aliphatic carbocycles. The average Bonchev–Trinajstić information content (AvgIpc) is 2.25. The minimum atomic E-state index is -0.524. The van der Waals surface area contributed by atoms with Crippen molar-refractivity contribution in [2.45, 2.75) is 26.3 Å². The van der Waals surface area contributed by atoms with E-state index < -0.39 is 6.04 Å². The van der Waals surface area contributed by atoms with Crippen LogP contribution in [0.3, 0.4) is 0 Å². The van der Waals surface area contributed by atoms with E-state index in [-0.39, 0.29) is 22.2 Å². The Morgan fingerprint density at radius 2 is 1.94 bits per heavy atom. The lowest BCUT2D eigenvalue weighted by Gasteiger charge is -2.18. The number of halogens is 2. The molecule has 1 N–H and O–H groups in total. The van der Waals surface area contributed by atoms with Crippen LogP contribution >= 0.6 is 23.2 Å². The first-order valence-electron chi connectivity index (χ1n) is 5.46. The predicted molar refractivity (Wildman–Crippen MR) is 70.9 cm³/mol. The molecule has 0 aliphatic heterocycles. The Hall–Kier alpha value is -1.07. The smallest absolute Gasteiger partial charge is 0.328 e. The van der Waals surface area contributed by atoms with Crippen molar-refractivity contribution < 1.29 is 9.53 Å². The van der Waals surface area contributed by atoms with E-state index in [4.69, 9.17) is 27.9 Å². The van der Waals surface area contributed by atoms with E-state index in [0.717, 1.165) is 0 Å². The van der Waals surface area contributed by atoms with Gasteiger partial charge in [0.15, 0.2) is 0 Å². The van der Waals surface area contributed by atoms with Crippen LogP contribution in [-0.4, -0.2) is 29.1 Å². The zero-order valence-electron chi connectivity index (χ0n) is 10.4. The zero-order chi connectivity index (χ0) is 13.7. The number of aromatic nitrogens is 2. The highest BCUT2D eigenvalue weighted by Crippen LogP contribution is 2.17. The monoisotopic (exact) mass is 291 g/mol. The Kier molecular flexibility index (Phi) is 5.62. The first kappa shape index (κ1) is 15.0. The van der Waals surface area contributed by atoms with Crippen molar-refractivity contribution in [3.8, 4) is 0 Å². The summed E-state index contributed by atoms with van der Waals surface area (Å²) in [5, 5.41) is 3.30. The van der Waals surface area contributed by atoms with Crippen LogP contribution in [0.15, 0.2) is 6.07 Å². The van der Waals surface area contributed by atoms with Crippen molar-refractivity contribution in [2.24, 2.45) is 5.92 Å². The molecule has 18 heavy (non-hydrogen) atoms. The summed E-state index contributed by atoms with van der Waals surface area (Å²) < 4.78 is 4.72. The number of esters is 1. The number of hydrogen-bond acceptors (Lipinski definition) is 5. The van der Waals surface area contributed by atoms with Crippen molar-refractivity contribution in [3.05, 3.63) is 16.4 Å². The summed E-state index contributed by atoms with van der Waals surface area (Å²) in [4.78, 5) is 19.5. The molecular weight excluding hydrogens is 277 g/mol. The fourth-order valence-electron chi connectivity index (χ4n) is 1.44. The van der Waals surface area contributed by atoms with Gasteiger partial charge in [-0.2, -0.15) is 0 Å². The van der Waals surface area contributed by atoms with Gasteiger partial charge in [0.1, 0.15) is 16.3 Å². The third-order valence-electron chi connectivity index (χ3n) is 2.16. The van der Waals surface area contributed by atoms with Crippen molar-refractivity contribution in [2.75, 3.05) is 12.4 Å². The number of methoxy groups -OCH3 is 1. The number of anilines is 1. The van der Waals surface area contributed by atoms with Crippen LogP contribution in [0.5, 0.6) is 0 Å². The van der Waals surface area contributed by atoms with Crippen molar-refractivity contribution in [1.29, 1.82) is 0 Å². The van der Waals surface area contributed by atoms with Gasteiger partial charge in [-0.1, -0.05) is 37.0 Å². The van der Waals surface area contributed by atoms with Crippen molar-refractivity contribution in [1.82, 2.24) is 9.97 Å². The molecule has 0 saturated heterocycles. The molecule has 1 rings (SSSR count). The molecule has 1 heterocycles. The van der Waals surface area contributed by atoms with E-state index in [9.17, 15) is 4.79 Å². The number of hydrogen-bond donors (Lipinski definition) is 1. The largest absolute Gasteiger partial charge is 0.467 e. The quantitative estimate of drug-likeness (QED) is 0.668. The molecule has 100 valence electrons. The third-order valence-corrected chi connectivity index (χ3v) is 2.55. The van der Waals surface area contributed by atoms with E-state index in [2.05, 4.69) is 15.3 Å². The van der Waals surface area contributed by atoms with Gasteiger partial charge in [-0.3, -0.25) is 0 Å². The number of carbonyl (C=O) groups is 1. The minimum absolute atomic E-state index is 0.212. The Morgan fingerprint density at radius 3 is 2.39 bits per heavy atom. The first-order valence-corrected chi connectivity index (χ1v) is 6.22. The van der Waals surface area contributed by atoms with Crippen LogP contribution in [0.4, 0.5) is 5.95 Å². The Bertz CT molecular complexity index is 406. The van der Waals surface area contributed by atoms with Gasteiger partial charge in [0.25, 0.3) is 0 Å². The Balaban J connectivity index is 2.84. The molecule has 1 aromatic rings. The molecule has 0 fully saturated rings. The molecule has 0 saturated carbocycles. The molecular formula is C11H15Cl2N3O2. The number of nitrogens with zero attached hydrogens (tertiary/aromatic N) is 2. The lowest BCUT2D eigenvalue weighted by Crippen LogP contribution is -2.32. The molecule has 0 bridgehead atoms. The van der Waals surface area contributed by atoms with E-state index in [0.29, 0.717) is 12.3 Å². The fraction of sp³-hybridized carbons (Fsp3) is 0.545. The second kappa shape index (κ2) is 6.75. The molecule has 1 aromatic heterocycles. The van der Waals surface area contributed by atoms with E-state index in [1.807, 2.05) is 13.8 Å². The molecule has 7 heteroatoms. The molecule has 5 nitrogen and oxygen atoms in total. The number of nitrogens with one attached hydrogen (secondary N) is 1. The maximum Gasteiger partial charge on any atom is 0.328 e. The number of carbonyl (C=O) groups excluding carboxylic acids is 1. The van der Waals surface area contributed by atoms with Gasteiger partial charge in [-0.05, 0) is 12.3 Å². The van der Waals surface area contributed by atoms with E-state index >= 15 is 0 Å². The summed E-state index contributed by atoms with van der Waals surface area (Å²) in [7, 11) is 1.34. The average molecular weight is 292 g/mol. The topological polar surface area (TPSA) is 64.1 Å². The van der Waals surface area contributed by atoms with Crippen LogP contribution in [-0.2, 0) is 9.53 Å². The Morgan fingerprint density at radius 1 is 1.39 bits per heavy atom. The first-order chi connectivity index (χ1) is 8.42. The standard InChI is InChI=1S/C11H15Cl2N3O2/c1-6(2)4-7(10(17)18-3)14-11-15-8(12)5-9(13)16-11/h5-7H,4H2,1-3H3,(H,14,15,16)/t7-/m1/s1. The summed E-state index contributed by atoms with van der Waals surface area (Å²) in [6.45, 7) is 4.01. The summed E-state index contributed by atoms with van der Waals surface area (Å²) in [5.41, 5.74) is 0. The highest BCUT2D eigenvalue weighted by atomic mass is 35.5. The second-order valence-corrected chi connectivity index (χ2v) is 4.96. The maximum absolute atomic E-state index is 11.6. The van der Waals surface area contributed by atoms with Crippen molar-refractivity contribution in [3.63, 3.8) is 0 Å². The second-order valence-electron chi connectivity index (χ2n) is 4.19. The van der Waals surface area contributed by atoms with Gasteiger partial charge < -0.3 is 10.1 Å². The van der Waals surface area contributed by atoms with Crippen LogP contribution in [0.25, 0.3) is 0 Å². The van der Waals surface area contributed by atoms with Gasteiger partial charge in [0.05, 0.1) is 7.11 Å². The summed E-state index contributed by atoms with van der Waals surface area (Å²) in [6, 6.07) is 0.897. The third kappa shape index (κ3) is 4.66. The van der Waals surface area contributed by atoms with Crippen molar-refractivity contribution >= 4 is 35.1 Å². The van der Waals surface area contributed by atoms with Gasteiger partial charge in [-0.25, -0.2) is 14.8 Å². The SMILES string of the molecule is COC(=O)[C@@H](CC(C)C)Nc1nc(Cl)cc(Cl)n1. The fourth-order valence-corrected chi connectivity index (χ4v) is 1.86. The maximum atomic E-state index is 11.6. The number of rotatable bonds is 5. The summed E-state index contributed by atoms with van der Waals surface area (Å²) in [6.07, 6.45) is 0.597. The lowest BCUT2D eigenvalue weighted by atomic mass is 10.0. The lowest BCUT2D eigenvalue weighted by molar-refractivity contribution is -0.141. The molecule has 1 atom stereocenters. The Labute approximate surface area is 116 Å². The highest BCUT2D eigenvalue weighted by molar-refractivity contribution is 6.33. The van der Waals surface area contributed by atoms with Crippen LogP contribution < -0.4 is 5.32 Å². The normalized spacial score (nSPS) is 12.3. The predicted octanol–water partition coefficient (Wildman–Crippen LogP) is 2.78. The molecule has 0 spiro atoms. The molecule has 0 unspecified atom stereocenters. The summed E-state index contributed by atoms with van der Waals surface area (Å²) in [5.74, 6) is 0.156. The van der Waals surface area contributed by atoms with E-state index in [1.54, 1.807) is 0 Å². The highest BCUT2D eigenvalue weighted by Gasteiger charge is 2.21. The van der Waals surface area contributed by atoms with Gasteiger partial charge in [-0.15, -0.1) is 0 Å². The van der Waals surface area contributed by atoms with Gasteiger partial charge >= 0.3 is 5.97 Å². The number of ether oxygens (including phenoxy) is 1. The van der Waals surface area contributed by atoms with Gasteiger partial charge in [0.2, 0.25) is 5.95 Å². The summed E-state index contributed by atoms with van der Waals surface area (Å²) >= 11 is 11.5. The minimum Gasteiger partial charge on any atom is -0.467 e. The van der Waals surface area contributed by atoms with Crippen LogP contribution in [0.1, 0.15) is 20.3 Å². The zero-order valence-corrected chi connectivity index (χ0v) is 11.9. The molecule has 0 amide bonds. The van der Waals surface area contributed by atoms with Gasteiger partial charge in [0, 0.05) is 6.07 Å². The molecule has 0 radical (unpaired) electrons. The van der Waals surface area contributed by atoms with Crippen LogP contribution in [0, 0.1) is 5.92 Å². The van der Waals surface area contributed by atoms with Crippen LogP contribution in [0.2, 0.25) is 10.3 Å². The molecule has 0 aliphatic rings.